The predicted molar refractivity (Wildman–Crippen MR) is 80.5 cm³/mol. The molecule has 0 saturated carbocycles. The monoisotopic (exact) mass is 372 g/mol. The second-order valence-corrected chi connectivity index (χ2v) is 6.75. The lowest BCUT2D eigenvalue weighted by Crippen LogP contribution is -2.45. The zero-order valence-electron chi connectivity index (χ0n) is 11.4. The Morgan fingerprint density at radius 1 is 1.38 bits per heavy atom. The summed E-state index contributed by atoms with van der Waals surface area (Å²) in [5.74, 6) is -1.73. The molecule has 2 heterocycles. The lowest BCUT2D eigenvalue weighted by Gasteiger charge is -2.29. The maximum absolute atomic E-state index is 12.7. The molecular weight excluding hydrogens is 360 g/mol. The summed E-state index contributed by atoms with van der Waals surface area (Å²) in [6, 6.07) is 3.47. The number of benzene rings is 1. The molecule has 3 rings (SSSR count). The minimum absolute atomic E-state index is 0.140. The van der Waals surface area contributed by atoms with Gasteiger partial charge in [0.15, 0.2) is 11.4 Å². The van der Waals surface area contributed by atoms with Crippen molar-refractivity contribution in [2.24, 2.45) is 0 Å². The normalized spacial score (nSPS) is 29.0. The number of carbonyl (C=O) groups is 2. The lowest BCUT2D eigenvalue weighted by atomic mass is 9.84. The third-order valence-corrected chi connectivity index (χ3v) is 5.22. The van der Waals surface area contributed by atoms with Gasteiger partial charge in [-0.15, -0.1) is 0 Å². The number of ketones is 1. The fourth-order valence-electron chi connectivity index (χ4n) is 2.88. The number of hydrogen-bond acceptors (Lipinski definition) is 4. The number of esters is 1. The topological polar surface area (TPSA) is 52.6 Å². The highest BCUT2D eigenvalue weighted by molar-refractivity contribution is 9.10. The number of halogens is 2. The molecule has 112 valence electrons. The van der Waals surface area contributed by atoms with E-state index in [0.717, 1.165) is 10.0 Å². The summed E-state index contributed by atoms with van der Waals surface area (Å²) in [4.78, 5) is 25.0. The summed E-state index contributed by atoms with van der Waals surface area (Å²) in [5.41, 5.74) is 0.301. The van der Waals surface area contributed by atoms with E-state index in [2.05, 4.69) is 15.9 Å². The summed E-state index contributed by atoms with van der Waals surface area (Å²) in [6.45, 7) is 2.62. The van der Waals surface area contributed by atoms with Crippen molar-refractivity contribution in [3.8, 4) is 0 Å². The van der Waals surface area contributed by atoms with Crippen LogP contribution in [0.4, 0.5) is 0 Å². The molecule has 4 nitrogen and oxygen atoms in total. The third-order valence-electron chi connectivity index (χ3n) is 4.04. The van der Waals surface area contributed by atoms with Gasteiger partial charge in [0.25, 0.3) is 0 Å². The van der Waals surface area contributed by atoms with Gasteiger partial charge in [0, 0.05) is 16.1 Å². The van der Waals surface area contributed by atoms with Gasteiger partial charge in [-0.1, -0.05) is 33.6 Å². The molecule has 2 atom stereocenters. The van der Waals surface area contributed by atoms with Crippen LogP contribution in [0.15, 0.2) is 16.6 Å². The highest BCUT2D eigenvalue weighted by Gasteiger charge is 2.56. The van der Waals surface area contributed by atoms with Crippen LogP contribution in [0.3, 0.4) is 0 Å². The third kappa shape index (κ3) is 2.41. The molecule has 0 aliphatic carbocycles. The number of ether oxygens (including phenoxy) is 2. The Hall–Kier alpha value is -0.910. The predicted octanol–water partition coefficient (Wildman–Crippen LogP) is 3.17. The van der Waals surface area contributed by atoms with Gasteiger partial charge in [-0.3, -0.25) is 9.59 Å². The summed E-state index contributed by atoms with van der Waals surface area (Å²) < 4.78 is 11.6. The lowest BCUT2D eigenvalue weighted by molar-refractivity contribution is -0.164. The molecule has 0 bridgehead atoms. The van der Waals surface area contributed by atoms with Crippen LogP contribution in [-0.2, 0) is 19.1 Å². The van der Waals surface area contributed by atoms with Crippen LogP contribution in [0.2, 0.25) is 5.02 Å². The Morgan fingerprint density at radius 3 is 2.81 bits per heavy atom. The van der Waals surface area contributed by atoms with Gasteiger partial charge in [0.2, 0.25) is 0 Å². The van der Waals surface area contributed by atoms with Crippen molar-refractivity contribution in [3.05, 3.63) is 32.8 Å². The molecule has 1 aromatic rings. The molecule has 1 aromatic carbocycles. The highest BCUT2D eigenvalue weighted by Crippen LogP contribution is 2.42. The smallest absolute Gasteiger partial charge is 0.322 e. The van der Waals surface area contributed by atoms with Gasteiger partial charge in [0.1, 0.15) is 5.92 Å². The van der Waals surface area contributed by atoms with E-state index in [1.54, 1.807) is 12.1 Å². The van der Waals surface area contributed by atoms with Crippen molar-refractivity contribution < 1.29 is 19.1 Å². The fourth-order valence-corrected chi connectivity index (χ4v) is 3.63. The summed E-state index contributed by atoms with van der Waals surface area (Å²) in [6.07, 6.45) is 1.22. The summed E-state index contributed by atoms with van der Waals surface area (Å²) >= 11 is 9.60. The first-order chi connectivity index (χ1) is 9.94. The van der Waals surface area contributed by atoms with Gasteiger partial charge in [-0.2, -0.15) is 0 Å². The molecule has 0 radical (unpaired) electrons. The minimum Gasteiger partial charge on any atom is -0.448 e. The van der Waals surface area contributed by atoms with Crippen LogP contribution >= 0.6 is 27.5 Å². The van der Waals surface area contributed by atoms with Gasteiger partial charge < -0.3 is 9.47 Å². The molecule has 2 fully saturated rings. The summed E-state index contributed by atoms with van der Waals surface area (Å²) in [5, 5.41) is 0.386. The average molecular weight is 374 g/mol. The molecule has 2 aliphatic heterocycles. The van der Waals surface area contributed by atoms with Crippen molar-refractivity contribution in [1.29, 1.82) is 0 Å². The zero-order valence-corrected chi connectivity index (χ0v) is 13.8. The average Bonchev–Trinajstić information content (AvgIpc) is 2.67. The molecule has 2 saturated heterocycles. The van der Waals surface area contributed by atoms with E-state index < -0.39 is 17.5 Å². The molecule has 0 N–H and O–H groups in total. The molecule has 1 spiro atoms. The zero-order chi connectivity index (χ0) is 15.2. The maximum atomic E-state index is 12.7. The van der Waals surface area contributed by atoms with Gasteiger partial charge in [-0.05, 0) is 37.0 Å². The fraction of sp³-hybridized carbons (Fsp3) is 0.467. The SMILES string of the molecule is Cc1cc(C2C(=O)OC3(CCCOC3)C2=O)c(Cl)cc1Br. The number of rotatable bonds is 1. The maximum Gasteiger partial charge on any atom is 0.322 e. The van der Waals surface area contributed by atoms with E-state index in [1.165, 1.54) is 0 Å². The van der Waals surface area contributed by atoms with Crippen LogP contribution in [0, 0.1) is 6.92 Å². The van der Waals surface area contributed by atoms with Crippen molar-refractivity contribution >= 4 is 39.3 Å². The molecule has 6 heteroatoms. The van der Waals surface area contributed by atoms with Gasteiger partial charge >= 0.3 is 5.97 Å². The first kappa shape index (κ1) is 15.0. The Balaban J connectivity index is 2.01. The van der Waals surface area contributed by atoms with Crippen molar-refractivity contribution in [2.45, 2.75) is 31.3 Å². The van der Waals surface area contributed by atoms with E-state index in [0.29, 0.717) is 30.0 Å². The number of Topliss-reactive ketones (excluding diaryl/α,β-unsaturated/α-hetero) is 1. The Morgan fingerprint density at radius 2 is 2.14 bits per heavy atom. The van der Waals surface area contributed by atoms with E-state index >= 15 is 0 Å². The van der Waals surface area contributed by atoms with Crippen LogP contribution < -0.4 is 0 Å². The van der Waals surface area contributed by atoms with Crippen LogP contribution in [0.5, 0.6) is 0 Å². The second-order valence-electron chi connectivity index (χ2n) is 5.49. The standard InChI is InChI=1S/C15H14BrClO4/c1-8-5-9(11(17)6-10(8)16)12-13(18)15(21-14(12)19)3-2-4-20-7-15/h5-6,12H,2-4,7H2,1H3. The molecule has 0 amide bonds. The summed E-state index contributed by atoms with van der Waals surface area (Å²) in [7, 11) is 0. The van der Waals surface area contributed by atoms with E-state index in [4.69, 9.17) is 21.1 Å². The van der Waals surface area contributed by atoms with Gasteiger partial charge in [-0.25, -0.2) is 0 Å². The number of aryl methyl sites for hydroxylation is 1. The van der Waals surface area contributed by atoms with Crippen molar-refractivity contribution in [2.75, 3.05) is 13.2 Å². The number of carbonyl (C=O) groups excluding carboxylic acids is 2. The largest absolute Gasteiger partial charge is 0.448 e. The van der Waals surface area contributed by atoms with E-state index in [1.807, 2.05) is 6.92 Å². The Kier molecular flexibility index (Phi) is 3.84. The second kappa shape index (κ2) is 5.38. The Bertz CT molecular complexity index is 622. The highest BCUT2D eigenvalue weighted by atomic mass is 79.9. The first-order valence-electron chi connectivity index (χ1n) is 6.75. The van der Waals surface area contributed by atoms with Crippen LogP contribution in [0.1, 0.15) is 29.9 Å². The van der Waals surface area contributed by atoms with Crippen molar-refractivity contribution in [3.63, 3.8) is 0 Å². The minimum atomic E-state index is -1.12. The Labute approximate surface area is 135 Å². The van der Waals surface area contributed by atoms with E-state index in [9.17, 15) is 9.59 Å². The van der Waals surface area contributed by atoms with Crippen LogP contribution in [0.25, 0.3) is 0 Å². The molecule has 2 aliphatic rings. The molecular formula is C15H14BrClO4. The number of hydrogen-bond donors (Lipinski definition) is 0. The quantitative estimate of drug-likeness (QED) is 0.560. The first-order valence-corrected chi connectivity index (χ1v) is 7.92. The molecule has 0 aromatic heterocycles. The molecule has 2 unspecified atom stereocenters. The van der Waals surface area contributed by atoms with Crippen LogP contribution in [-0.4, -0.2) is 30.6 Å². The van der Waals surface area contributed by atoms with E-state index in [-0.39, 0.29) is 12.4 Å². The van der Waals surface area contributed by atoms with Gasteiger partial charge in [0.05, 0.1) is 6.61 Å². The molecule has 21 heavy (non-hydrogen) atoms. The van der Waals surface area contributed by atoms with Crippen molar-refractivity contribution in [1.82, 2.24) is 0 Å².